The molecule has 2 saturated heterocycles. The van der Waals surface area contributed by atoms with Gasteiger partial charge in [-0.25, -0.2) is 4.79 Å². The average Bonchev–Trinajstić information content (AvgIpc) is 2.84. The van der Waals surface area contributed by atoms with Gasteiger partial charge in [-0.15, -0.1) is 0 Å². The lowest BCUT2D eigenvalue weighted by Crippen LogP contribution is -2.50. The number of hydrogen-bond acceptors (Lipinski definition) is 7. The van der Waals surface area contributed by atoms with E-state index in [1.807, 2.05) is 20.8 Å². The van der Waals surface area contributed by atoms with Crippen molar-refractivity contribution in [3.8, 4) is 0 Å². The first-order valence-corrected chi connectivity index (χ1v) is 14.5. The molecule has 2 aliphatic rings. The van der Waals surface area contributed by atoms with Crippen LogP contribution in [0.5, 0.6) is 0 Å². The second-order valence-electron chi connectivity index (χ2n) is 13.1. The van der Waals surface area contributed by atoms with Crippen molar-refractivity contribution in [3.05, 3.63) is 0 Å². The lowest BCUT2D eigenvalue weighted by Gasteiger charge is -2.35. The Kier molecular flexibility index (Phi) is 12.2. The maximum Gasteiger partial charge on any atom is 0.410 e. The Labute approximate surface area is 239 Å². The molecule has 2 atom stereocenters. The fourth-order valence-electron chi connectivity index (χ4n) is 4.98. The molecule has 0 aromatic rings. The number of carbonyl (C=O) groups excluding carboxylic acids is 5. The fourth-order valence-corrected chi connectivity index (χ4v) is 4.98. The number of nitrogens with zero attached hydrogens (tertiary/aromatic N) is 2. The van der Waals surface area contributed by atoms with E-state index in [0.717, 1.165) is 25.7 Å². The molecule has 228 valence electrons. The molecular formula is C29H50N4O7. The normalized spacial score (nSPS) is 19.4. The number of rotatable bonds is 9. The molecule has 0 aromatic carbocycles. The molecule has 11 heteroatoms. The molecule has 0 bridgehead atoms. The predicted octanol–water partition coefficient (Wildman–Crippen LogP) is 3.01. The van der Waals surface area contributed by atoms with Gasteiger partial charge in [0.2, 0.25) is 17.7 Å². The number of carbonyl (C=O) groups is 5. The summed E-state index contributed by atoms with van der Waals surface area (Å²) in [6, 6.07) is -0.608. The summed E-state index contributed by atoms with van der Waals surface area (Å²) in [4.78, 5) is 65.7. The molecule has 11 nitrogen and oxygen atoms in total. The van der Waals surface area contributed by atoms with Gasteiger partial charge in [0.1, 0.15) is 11.2 Å². The molecule has 0 aromatic heterocycles. The van der Waals surface area contributed by atoms with Gasteiger partial charge >= 0.3 is 12.1 Å². The highest BCUT2D eigenvalue weighted by atomic mass is 16.6. The zero-order valence-corrected chi connectivity index (χ0v) is 25.5. The molecule has 1 unspecified atom stereocenters. The Morgan fingerprint density at radius 1 is 0.875 bits per heavy atom. The van der Waals surface area contributed by atoms with Gasteiger partial charge in [-0.1, -0.05) is 0 Å². The second kappa shape index (κ2) is 14.7. The molecule has 0 spiro atoms. The average molecular weight is 567 g/mol. The van der Waals surface area contributed by atoms with Crippen LogP contribution in [0.3, 0.4) is 0 Å². The van der Waals surface area contributed by atoms with Crippen LogP contribution in [0.4, 0.5) is 4.79 Å². The summed E-state index contributed by atoms with van der Waals surface area (Å²) in [6.45, 7) is 14.6. The highest BCUT2D eigenvalue weighted by molar-refractivity contribution is 5.82. The van der Waals surface area contributed by atoms with E-state index in [2.05, 4.69) is 10.6 Å². The molecule has 2 aliphatic heterocycles. The summed E-state index contributed by atoms with van der Waals surface area (Å²) in [5.74, 6) is -0.919. The van der Waals surface area contributed by atoms with Crippen LogP contribution in [-0.4, -0.2) is 89.6 Å². The van der Waals surface area contributed by atoms with Crippen LogP contribution in [0.2, 0.25) is 0 Å². The van der Waals surface area contributed by atoms with Crippen LogP contribution >= 0.6 is 0 Å². The van der Waals surface area contributed by atoms with Crippen LogP contribution in [0, 0.1) is 11.8 Å². The van der Waals surface area contributed by atoms with E-state index >= 15 is 0 Å². The van der Waals surface area contributed by atoms with Gasteiger partial charge in [0.05, 0.1) is 18.4 Å². The van der Waals surface area contributed by atoms with E-state index in [4.69, 9.17) is 9.47 Å². The number of likely N-dealkylation sites (tertiary alicyclic amines) is 2. The van der Waals surface area contributed by atoms with Gasteiger partial charge < -0.3 is 29.9 Å². The van der Waals surface area contributed by atoms with Gasteiger partial charge in [0.25, 0.3) is 0 Å². The van der Waals surface area contributed by atoms with Gasteiger partial charge in [0.15, 0.2) is 0 Å². The zero-order valence-electron chi connectivity index (χ0n) is 25.5. The highest BCUT2D eigenvalue weighted by Crippen LogP contribution is 2.25. The Bertz CT molecular complexity index is 901. The van der Waals surface area contributed by atoms with Gasteiger partial charge in [0, 0.05) is 46.1 Å². The fraction of sp³-hybridized carbons (Fsp3) is 0.828. The van der Waals surface area contributed by atoms with E-state index in [1.165, 1.54) is 6.92 Å². The van der Waals surface area contributed by atoms with Crippen molar-refractivity contribution in [1.82, 2.24) is 20.4 Å². The third-order valence-corrected chi connectivity index (χ3v) is 6.95. The Hall–Kier alpha value is -2.85. The smallest absolute Gasteiger partial charge is 0.410 e. The van der Waals surface area contributed by atoms with Crippen molar-refractivity contribution in [2.24, 2.45) is 11.8 Å². The minimum Gasteiger partial charge on any atom is -0.460 e. The quantitative estimate of drug-likeness (QED) is 0.410. The van der Waals surface area contributed by atoms with E-state index < -0.39 is 23.2 Å². The minimum absolute atomic E-state index is 0.0376. The standard InChI is InChI=1S/C29H50N4O7/c1-20(34)30-18-23(17-25(36)39-28(2,3)4)31-26(37)22-9-8-14-33(19-22)24(35)11-10-21-12-15-32(16-13-21)27(38)40-29(5,6)7/h21-23H,8-19H2,1-7H3,(H,30,34)(H,31,37)/t22-,23?/m1/s1. The third-order valence-electron chi connectivity index (χ3n) is 6.95. The van der Waals surface area contributed by atoms with Crippen molar-refractivity contribution in [2.75, 3.05) is 32.7 Å². The summed E-state index contributed by atoms with van der Waals surface area (Å²) in [6.07, 6.45) is 3.86. The van der Waals surface area contributed by atoms with Crippen LogP contribution in [0.1, 0.15) is 93.4 Å². The van der Waals surface area contributed by atoms with Crippen molar-refractivity contribution in [3.63, 3.8) is 0 Å². The number of ether oxygens (including phenoxy) is 2. The first kappa shape index (κ1) is 33.4. The number of piperidine rings is 2. The molecule has 2 heterocycles. The topological polar surface area (TPSA) is 134 Å². The van der Waals surface area contributed by atoms with Gasteiger partial charge in [-0.3, -0.25) is 19.2 Å². The lowest BCUT2D eigenvalue weighted by atomic mass is 9.91. The maximum atomic E-state index is 13.1. The van der Waals surface area contributed by atoms with Crippen LogP contribution in [-0.2, 0) is 28.7 Å². The van der Waals surface area contributed by atoms with Crippen LogP contribution in [0.25, 0.3) is 0 Å². The van der Waals surface area contributed by atoms with Crippen molar-refractivity contribution >= 4 is 29.8 Å². The second-order valence-corrected chi connectivity index (χ2v) is 13.1. The molecule has 2 N–H and O–H groups in total. The van der Waals surface area contributed by atoms with Gasteiger partial charge in [-0.05, 0) is 79.6 Å². The predicted molar refractivity (Wildman–Crippen MR) is 150 cm³/mol. The molecule has 0 saturated carbocycles. The van der Waals surface area contributed by atoms with E-state index in [9.17, 15) is 24.0 Å². The number of hydrogen-bond donors (Lipinski definition) is 2. The number of nitrogens with one attached hydrogen (secondary N) is 2. The summed E-state index contributed by atoms with van der Waals surface area (Å²) >= 11 is 0. The molecule has 0 radical (unpaired) electrons. The Morgan fingerprint density at radius 3 is 2.08 bits per heavy atom. The first-order valence-electron chi connectivity index (χ1n) is 14.5. The largest absolute Gasteiger partial charge is 0.460 e. The number of esters is 1. The van der Waals surface area contributed by atoms with E-state index in [0.29, 0.717) is 44.9 Å². The van der Waals surface area contributed by atoms with Crippen molar-refractivity contribution in [1.29, 1.82) is 0 Å². The van der Waals surface area contributed by atoms with Crippen LogP contribution < -0.4 is 10.6 Å². The van der Waals surface area contributed by atoms with E-state index in [-0.39, 0.29) is 42.7 Å². The van der Waals surface area contributed by atoms with Crippen molar-refractivity contribution in [2.45, 2.75) is 111 Å². The minimum atomic E-state index is -0.654. The monoisotopic (exact) mass is 566 g/mol. The highest BCUT2D eigenvalue weighted by Gasteiger charge is 2.32. The molecule has 2 fully saturated rings. The Balaban J connectivity index is 1.83. The van der Waals surface area contributed by atoms with Crippen LogP contribution in [0.15, 0.2) is 0 Å². The summed E-state index contributed by atoms with van der Waals surface area (Å²) < 4.78 is 10.8. The third kappa shape index (κ3) is 12.6. The maximum absolute atomic E-state index is 13.1. The number of amides is 4. The van der Waals surface area contributed by atoms with Crippen molar-refractivity contribution < 1.29 is 33.4 Å². The molecular weight excluding hydrogens is 516 g/mol. The molecule has 0 aliphatic carbocycles. The van der Waals surface area contributed by atoms with E-state index in [1.54, 1.807) is 30.6 Å². The zero-order chi connectivity index (χ0) is 30.1. The SMILES string of the molecule is CC(=O)NCC(CC(=O)OC(C)(C)C)NC(=O)[C@@H]1CCCN(C(=O)CCC2CCN(C(=O)OC(C)(C)C)CC2)C1. The lowest BCUT2D eigenvalue weighted by molar-refractivity contribution is -0.155. The molecule has 4 amide bonds. The molecule has 40 heavy (non-hydrogen) atoms. The first-order chi connectivity index (χ1) is 18.5. The summed E-state index contributed by atoms with van der Waals surface area (Å²) in [7, 11) is 0. The van der Waals surface area contributed by atoms with Gasteiger partial charge in [-0.2, -0.15) is 0 Å². The molecule has 2 rings (SSSR count). The summed E-state index contributed by atoms with van der Waals surface area (Å²) in [5.41, 5.74) is -1.17. The Morgan fingerprint density at radius 2 is 1.50 bits per heavy atom. The summed E-state index contributed by atoms with van der Waals surface area (Å²) in [5, 5.41) is 5.56.